The third kappa shape index (κ3) is 4.24. The first-order valence-corrected chi connectivity index (χ1v) is 8.85. The largest absolute Gasteiger partial charge is 0.481 e. The third-order valence-electron chi connectivity index (χ3n) is 4.85. The summed E-state index contributed by atoms with van der Waals surface area (Å²) in [5.41, 5.74) is 1.13. The van der Waals surface area contributed by atoms with E-state index in [1.54, 1.807) is 6.07 Å². The highest BCUT2D eigenvalue weighted by Gasteiger charge is 2.32. The van der Waals surface area contributed by atoms with Crippen LogP contribution in [0, 0.1) is 17.7 Å². The molecule has 8 heteroatoms. The molecule has 0 aliphatic carbocycles. The number of hydrogen-bond donors (Lipinski definition) is 2. The van der Waals surface area contributed by atoms with Gasteiger partial charge in [-0.05, 0) is 30.5 Å². The van der Waals surface area contributed by atoms with Gasteiger partial charge in [0.2, 0.25) is 0 Å². The Balaban J connectivity index is 1.75. The summed E-state index contributed by atoms with van der Waals surface area (Å²) in [5.74, 6) is -1.70. The van der Waals surface area contributed by atoms with E-state index >= 15 is 0 Å². The molecule has 2 N–H and O–H groups in total. The van der Waals surface area contributed by atoms with E-state index in [0.717, 1.165) is 0 Å². The summed E-state index contributed by atoms with van der Waals surface area (Å²) in [6.45, 7) is 4.96. The number of benzene rings is 1. The van der Waals surface area contributed by atoms with Gasteiger partial charge in [0.25, 0.3) is 0 Å². The van der Waals surface area contributed by atoms with Gasteiger partial charge < -0.3 is 25.0 Å². The fourth-order valence-electron chi connectivity index (χ4n) is 3.57. The highest BCUT2D eigenvalue weighted by Crippen LogP contribution is 2.29. The maximum atomic E-state index is 13.7. The number of amides is 2. The number of aliphatic carboxylic acids is 1. The lowest BCUT2D eigenvalue weighted by Gasteiger charge is -2.35. The van der Waals surface area contributed by atoms with E-state index in [1.165, 1.54) is 17.0 Å². The number of carboxylic acid groups (broad SMARTS) is 1. The molecule has 1 aromatic carbocycles. The summed E-state index contributed by atoms with van der Waals surface area (Å²) >= 11 is 0. The van der Waals surface area contributed by atoms with Gasteiger partial charge in [-0.25, -0.2) is 9.18 Å². The fourth-order valence-corrected chi connectivity index (χ4v) is 3.57. The number of hydrogen-bond acceptors (Lipinski definition) is 4. The monoisotopic (exact) mass is 365 g/mol. The number of likely N-dealkylation sites (tertiary alicyclic amines) is 1. The first-order valence-electron chi connectivity index (χ1n) is 8.85. The quantitative estimate of drug-likeness (QED) is 0.858. The molecule has 2 saturated heterocycles. The Morgan fingerprint density at radius 2 is 2.00 bits per heavy atom. The molecule has 0 saturated carbocycles. The van der Waals surface area contributed by atoms with Crippen molar-refractivity contribution in [1.82, 2.24) is 4.90 Å². The lowest BCUT2D eigenvalue weighted by Crippen LogP contribution is -2.47. The van der Waals surface area contributed by atoms with Crippen LogP contribution in [-0.4, -0.2) is 61.4 Å². The first kappa shape index (κ1) is 18.4. The van der Waals surface area contributed by atoms with E-state index in [-0.39, 0.29) is 24.3 Å². The normalized spacial score (nSPS) is 23.6. The second-order valence-corrected chi connectivity index (χ2v) is 6.97. The van der Waals surface area contributed by atoms with Crippen molar-refractivity contribution >= 4 is 23.4 Å². The van der Waals surface area contributed by atoms with Crippen LogP contribution in [0.3, 0.4) is 0 Å². The number of piperidine rings is 1. The fraction of sp³-hybridized carbons (Fsp3) is 0.556. The number of carboxylic acids is 1. The number of halogens is 1. The molecule has 2 aliphatic rings. The van der Waals surface area contributed by atoms with Crippen molar-refractivity contribution in [2.24, 2.45) is 11.8 Å². The highest BCUT2D eigenvalue weighted by atomic mass is 19.1. The van der Waals surface area contributed by atoms with Gasteiger partial charge in [-0.1, -0.05) is 6.92 Å². The van der Waals surface area contributed by atoms with Gasteiger partial charge in [0.15, 0.2) is 0 Å². The van der Waals surface area contributed by atoms with E-state index < -0.39 is 11.9 Å². The summed E-state index contributed by atoms with van der Waals surface area (Å²) in [7, 11) is 0. The average Bonchev–Trinajstić information content (AvgIpc) is 2.63. The Morgan fingerprint density at radius 1 is 1.27 bits per heavy atom. The Hall–Kier alpha value is -2.35. The van der Waals surface area contributed by atoms with Crippen LogP contribution >= 0.6 is 0 Å². The van der Waals surface area contributed by atoms with Gasteiger partial charge in [-0.2, -0.15) is 0 Å². The molecule has 2 fully saturated rings. The number of ether oxygens (including phenoxy) is 1. The van der Waals surface area contributed by atoms with Crippen molar-refractivity contribution in [2.75, 3.05) is 49.6 Å². The summed E-state index contributed by atoms with van der Waals surface area (Å²) in [6, 6.07) is 3.89. The summed E-state index contributed by atoms with van der Waals surface area (Å²) in [4.78, 5) is 27.5. The molecule has 2 unspecified atom stereocenters. The van der Waals surface area contributed by atoms with Crippen molar-refractivity contribution in [3.8, 4) is 0 Å². The van der Waals surface area contributed by atoms with E-state index in [1.807, 2.05) is 11.8 Å². The molecule has 2 heterocycles. The van der Waals surface area contributed by atoms with Crippen molar-refractivity contribution < 1.29 is 23.8 Å². The van der Waals surface area contributed by atoms with Gasteiger partial charge in [-0.3, -0.25) is 4.79 Å². The van der Waals surface area contributed by atoms with Crippen LogP contribution in [0.4, 0.5) is 20.6 Å². The van der Waals surface area contributed by atoms with Crippen molar-refractivity contribution in [3.63, 3.8) is 0 Å². The van der Waals surface area contributed by atoms with E-state index in [2.05, 4.69) is 5.32 Å². The van der Waals surface area contributed by atoms with Crippen molar-refractivity contribution in [3.05, 3.63) is 24.0 Å². The van der Waals surface area contributed by atoms with Crippen LogP contribution in [0.5, 0.6) is 0 Å². The number of rotatable bonds is 3. The van der Waals surface area contributed by atoms with Gasteiger partial charge in [-0.15, -0.1) is 0 Å². The molecule has 2 amide bonds. The molecule has 0 bridgehead atoms. The van der Waals surface area contributed by atoms with E-state index in [9.17, 15) is 19.1 Å². The number of nitrogens with zero attached hydrogens (tertiary/aromatic N) is 2. The molecule has 0 radical (unpaired) electrons. The minimum atomic E-state index is -0.884. The molecule has 26 heavy (non-hydrogen) atoms. The summed E-state index contributed by atoms with van der Waals surface area (Å²) < 4.78 is 19.1. The number of morpholine rings is 1. The molecule has 142 valence electrons. The summed E-state index contributed by atoms with van der Waals surface area (Å²) in [6.07, 6.45) is 0.564. The molecular weight excluding hydrogens is 341 g/mol. The van der Waals surface area contributed by atoms with Gasteiger partial charge in [0.1, 0.15) is 5.82 Å². The maximum Gasteiger partial charge on any atom is 0.321 e. The Labute approximate surface area is 151 Å². The molecule has 1 aromatic rings. The van der Waals surface area contributed by atoms with Gasteiger partial charge in [0, 0.05) is 26.2 Å². The molecule has 7 nitrogen and oxygen atoms in total. The van der Waals surface area contributed by atoms with Crippen LogP contribution in [0.25, 0.3) is 0 Å². The second kappa shape index (κ2) is 7.90. The summed E-state index contributed by atoms with van der Waals surface area (Å²) in [5, 5.41) is 12.1. The smallest absolute Gasteiger partial charge is 0.321 e. The highest BCUT2D eigenvalue weighted by molar-refractivity contribution is 5.93. The zero-order valence-electron chi connectivity index (χ0n) is 14.8. The predicted octanol–water partition coefficient (Wildman–Crippen LogP) is 2.24. The SMILES string of the molecule is CC1CC(C(=O)O)CN(C(=O)Nc2ccc(F)cc2N2CCOCC2)C1. The van der Waals surface area contributed by atoms with Crippen LogP contribution in [0.2, 0.25) is 0 Å². The van der Waals surface area contributed by atoms with Gasteiger partial charge >= 0.3 is 12.0 Å². The Bertz CT molecular complexity index is 678. The molecule has 0 aromatic heterocycles. The van der Waals surface area contributed by atoms with E-state index in [4.69, 9.17) is 4.74 Å². The zero-order chi connectivity index (χ0) is 18.7. The number of urea groups is 1. The number of carbonyl (C=O) groups excluding carboxylic acids is 1. The number of carbonyl (C=O) groups is 2. The number of anilines is 2. The maximum absolute atomic E-state index is 13.7. The van der Waals surface area contributed by atoms with Crippen LogP contribution in [0.1, 0.15) is 13.3 Å². The Kier molecular flexibility index (Phi) is 5.61. The number of nitrogens with one attached hydrogen (secondary N) is 1. The van der Waals surface area contributed by atoms with Gasteiger partial charge in [0.05, 0.1) is 30.5 Å². The minimum Gasteiger partial charge on any atom is -0.481 e. The molecule has 3 rings (SSSR count). The zero-order valence-corrected chi connectivity index (χ0v) is 14.8. The predicted molar refractivity (Wildman–Crippen MR) is 94.9 cm³/mol. The lowest BCUT2D eigenvalue weighted by atomic mass is 9.91. The third-order valence-corrected chi connectivity index (χ3v) is 4.85. The molecule has 2 aliphatic heterocycles. The van der Waals surface area contributed by atoms with E-state index in [0.29, 0.717) is 50.6 Å². The van der Waals surface area contributed by atoms with Crippen LogP contribution in [-0.2, 0) is 9.53 Å². The molecular formula is C18H24FN3O4. The van der Waals surface area contributed by atoms with Crippen molar-refractivity contribution in [1.29, 1.82) is 0 Å². The molecule has 0 spiro atoms. The van der Waals surface area contributed by atoms with Crippen LogP contribution < -0.4 is 10.2 Å². The molecule has 2 atom stereocenters. The van der Waals surface area contributed by atoms with Crippen molar-refractivity contribution in [2.45, 2.75) is 13.3 Å². The second-order valence-electron chi connectivity index (χ2n) is 6.97. The lowest BCUT2D eigenvalue weighted by molar-refractivity contribution is -0.143. The average molecular weight is 365 g/mol. The topological polar surface area (TPSA) is 82.1 Å². The first-order chi connectivity index (χ1) is 12.4. The standard InChI is InChI=1S/C18H24FN3O4/c1-12-8-13(17(23)24)11-22(10-12)18(25)20-15-3-2-14(19)9-16(15)21-4-6-26-7-5-21/h2-3,9,12-13H,4-8,10-11H2,1H3,(H,20,25)(H,23,24). The minimum absolute atomic E-state index is 0.113. The Morgan fingerprint density at radius 3 is 2.69 bits per heavy atom. The van der Waals surface area contributed by atoms with Crippen LogP contribution in [0.15, 0.2) is 18.2 Å².